The lowest BCUT2D eigenvalue weighted by molar-refractivity contribution is -0.139. The van der Waals surface area contributed by atoms with Crippen LogP contribution in [0.2, 0.25) is 0 Å². The summed E-state index contributed by atoms with van der Waals surface area (Å²) in [5.41, 5.74) is 0.773. The highest BCUT2D eigenvalue weighted by Crippen LogP contribution is 2.32. The number of alkyl halides is 3. The van der Waals surface area contributed by atoms with Crippen molar-refractivity contribution in [1.82, 2.24) is 25.3 Å². The Hall–Kier alpha value is -4.06. The summed E-state index contributed by atoms with van der Waals surface area (Å²) in [6.07, 6.45) is -1.45. The maximum Gasteiger partial charge on any atom is 0.416 e. The summed E-state index contributed by atoms with van der Waals surface area (Å²) in [7, 11) is 0. The van der Waals surface area contributed by atoms with E-state index in [0.717, 1.165) is 12.1 Å². The van der Waals surface area contributed by atoms with Gasteiger partial charge in [-0.15, -0.1) is 0 Å². The molecule has 1 fully saturated rings. The van der Waals surface area contributed by atoms with Crippen LogP contribution in [0.4, 0.5) is 23.5 Å². The van der Waals surface area contributed by atoms with Crippen LogP contribution in [-0.4, -0.2) is 56.7 Å². The first-order valence-corrected chi connectivity index (χ1v) is 10.6. The number of nitrogens with zero attached hydrogens (tertiary/aromatic N) is 4. The van der Waals surface area contributed by atoms with E-state index in [2.05, 4.69) is 25.3 Å². The predicted octanol–water partition coefficient (Wildman–Crippen LogP) is 3.71. The van der Waals surface area contributed by atoms with E-state index in [1.54, 1.807) is 11.0 Å². The predicted molar refractivity (Wildman–Crippen MR) is 119 cm³/mol. The zero-order valence-electron chi connectivity index (χ0n) is 18.0. The van der Waals surface area contributed by atoms with Crippen molar-refractivity contribution in [2.45, 2.75) is 12.2 Å². The number of hydrogen-bond donors (Lipinski definition) is 3. The lowest BCUT2D eigenvalue weighted by atomic mass is 10.1. The van der Waals surface area contributed by atoms with Crippen molar-refractivity contribution in [2.24, 2.45) is 0 Å². The SMILES string of the molecule is O=C(O)C1CN(c2ncc(-c3ccc(-c4nc5ccc(C(F)(F)F)cc5[nH]4)c(F)c3)cn2)CCN1. The molecular formula is C23H18F4N6O2. The van der Waals surface area contributed by atoms with Crippen LogP contribution in [-0.2, 0) is 11.0 Å². The number of anilines is 1. The highest BCUT2D eigenvalue weighted by atomic mass is 19.4. The number of hydrogen-bond acceptors (Lipinski definition) is 6. The molecule has 2 aromatic heterocycles. The number of aromatic nitrogens is 4. The van der Waals surface area contributed by atoms with E-state index in [0.29, 0.717) is 35.7 Å². The molecule has 0 radical (unpaired) electrons. The molecule has 1 saturated heterocycles. The number of nitrogens with one attached hydrogen (secondary N) is 2. The Kier molecular flexibility index (Phi) is 5.59. The molecule has 8 nitrogen and oxygen atoms in total. The fourth-order valence-electron chi connectivity index (χ4n) is 3.93. The summed E-state index contributed by atoms with van der Waals surface area (Å²) in [6.45, 7) is 1.25. The number of benzene rings is 2. The average molecular weight is 486 g/mol. The molecule has 180 valence electrons. The van der Waals surface area contributed by atoms with Crippen molar-refractivity contribution in [3.8, 4) is 22.5 Å². The fraction of sp³-hybridized carbons (Fsp3) is 0.217. The van der Waals surface area contributed by atoms with Crippen LogP contribution in [0.15, 0.2) is 48.8 Å². The number of fused-ring (bicyclic) bond motifs is 1. The number of aromatic amines is 1. The summed E-state index contributed by atoms with van der Waals surface area (Å²) >= 11 is 0. The first kappa shape index (κ1) is 22.7. The first-order chi connectivity index (χ1) is 16.7. The number of imidazole rings is 1. The molecule has 1 unspecified atom stereocenters. The summed E-state index contributed by atoms with van der Waals surface area (Å²) in [4.78, 5) is 28.5. The number of halogens is 4. The van der Waals surface area contributed by atoms with Gasteiger partial charge in [-0.1, -0.05) is 6.07 Å². The van der Waals surface area contributed by atoms with Crippen LogP contribution in [0, 0.1) is 5.82 Å². The van der Waals surface area contributed by atoms with Crippen molar-refractivity contribution in [3.05, 3.63) is 60.2 Å². The topological polar surface area (TPSA) is 107 Å². The van der Waals surface area contributed by atoms with Crippen molar-refractivity contribution in [2.75, 3.05) is 24.5 Å². The van der Waals surface area contributed by atoms with Crippen LogP contribution in [0.1, 0.15) is 5.56 Å². The summed E-state index contributed by atoms with van der Waals surface area (Å²) in [6, 6.07) is 6.78. The second kappa shape index (κ2) is 8.62. The van der Waals surface area contributed by atoms with Gasteiger partial charge < -0.3 is 20.3 Å². The van der Waals surface area contributed by atoms with Gasteiger partial charge in [0.1, 0.15) is 17.7 Å². The van der Waals surface area contributed by atoms with Crippen LogP contribution in [0.25, 0.3) is 33.5 Å². The molecule has 1 aliphatic heterocycles. The Bertz CT molecular complexity index is 1400. The van der Waals surface area contributed by atoms with Gasteiger partial charge in [0.2, 0.25) is 5.95 Å². The van der Waals surface area contributed by atoms with E-state index in [-0.39, 0.29) is 23.4 Å². The summed E-state index contributed by atoms with van der Waals surface area (Å²) in [5.74, 6) is -1.08. The third-order valence-electron chi connectivity index (χ3n) is 5.76. The van der Waals surface area contributed by atoms with Gasteiger partial charge in [-0.05, 0) is 35.9 Å². The molecule has 0 aliphatic carbocycles. The van der Waals surface area contributed by atoms with E-state index in [1.165, 1.54) is 30.6 Å². The normalized spacial score (nSPS) is 16.6. The van der Waals surface area contributed by atoms with Crippen LogP contribution in [0.5, 0.6) is 0 Å². The van der Waals surface area contributed by atoms with Gasteiger partial charge >= 0.3 is 12.1 Å². The summed E-state index contributed by atoms with van der Waals surface area (Å²) < 4.78 is 53.8. The minimum absolute atomic E-state index is 0.108. The van der Waals surface area contributed by atoms with Gasteiger partial charge in [0.15, 0.2) is 0 Å². The number of carboxylic acid groups (broad SMARTS) is 1. The molecule has 0 amide bonds. The third kappa shape index (κ3) is 4.52. The van der Waals surface area contributed by atoms with E-state index < -0.39 is 29.6 Å². The van der Waals surface area contributed by atoms with Crippen molar-refractivity contribution >= 4 is 23.0 Å². The van der Waals surface area contributed by atoms with Gasteiger partial charge in [-0.3, -0.25) is 4.79 Å². The van der Waals surface area contributed by atoms with Crippen molar-refractivity contribution < 1.29 is 27.5 Å². The zero-order chi connectivity index (χ0) is 24.7. The maximum atomic E-state index is 15.0. The van der Waals surface area contributed by atoms with Gasteiger partial charge in [-0.2, -0.15) is 13.2 Å². The minimum atomic E-state index is -4.49. The Balaban J connectivity index is 1.38. The van der Waals surface area contributed by atoms with E-state index in [1.807, 2.05) is 0 Å². The van der Waals surface area contributed by atoms with Gasteiger partial charge in [0.25, 0.3) is 0 Å². The van der Waals surface area contributed by atoms with E-state index >= 15 is 0 Å². The second-order valence-corrected chi connectivity index (χ2v) is 8.07. The Morgan fingerprint density at radius 3 is 2.54 bits per heavy atom. The average Bonchev–Trinajstić information content (AvgIpc) is 3.27. The lowest BCUT2D eigenvalue weighted by Gasteiger charge is -2.31. The number of carbonyl (C=O) groups is 1. The molecule has 4 aromatic rings. The molecule has 5 rings (SSSR count). The zero-order valence-corrected chi connectivity index (χ0v) is 18.0. The fourth-order valence-corrected chi connectivity index (χ4v) is 3.93. The number of H-pyrrole nitrogens is 1. The number of aliphatic carboxylic acids is 1. The second-order valence-electron chi connectivity index (χ2n) is 8.07. The molecule has 2 aromatic carbocycles. The highest BCUT2D eigenvalue weighted by molar-refractivity contribution is 5.81. The van der Waals surface area contributed by atoms with Gasteiger partial charge in [0, 0.05) is 37.6 Å². The Labute approximate surface area is 195 Å². The largest absolute Gasteiger partial charge is 0.480 e. The highest BCUT2D eigenvalue weighted by Gasteiger charge is 2.31. The lowest BCUT2D eigenvalue weighted by Crippen LogP contribution is -2.54. The molecule has 3 heterocycles. The maximum absolute atomic E-state index is 15.0. The molecule has 35 heavy (non-hydrogen) atoms. The van der Waals surface area contributed by atoms with Crippen LogP contribution >= 0.6 is 0 Å². The van der Waals surface area contributed by atoms with Crippen molar-refractivity contribution in [1.29, 1.82) is 0 Å². The third-order valence-corrected chi connectivity index (χ3v) is 5.76. The van der Waals surface area contributed by atoms with Crippen LogP contribution < -0.4 is 10.2 Å². The molecule has 1 atom stereocenters. The standard InChI is InChI=1S/C23H18F4N6O2/c24-16-7-12(13-9-29-22(30-10-13)33-6-5-28-19(11-33)21(34)35)1-3-15(16)20-31-17-4-2-14(23(25,26)27)8-18(17)32-20/h1-4,7-10,19,28H,5-6,11H2,(H,31,32)(H,34,35). The van der Waals surface area contributed by atoms with Gasteiger partial charge in [-0.25, -0.2) is 19.3 Å². The smallest absolute Gasteiger partial charge is 0.416 e. The Morgan fingerprint density at radius 1 is 1.09 bits per heavy atom. The number of carboxylic acids is 1. The van der Waals surface area contributed by atoms with E-state index in [4.69, 9.17) is 0 Å². The molecule has 0 saturated carbocycles. The Morgan fingerprint density at radius 2 is 1.86 bits per heavy atom. The molecule has 3 N–H and O–H groups in total. The summed E-state index contributed by atoms with van der Waals surface area (Å²) in [5, 5.41) is 12.1. The molecule has 1 aliphatic rings. The monoisotopic (exact) mass is 486 g/mol. The minimum Gasteiger partial charge on any atom is -0.480 e. The number of rotatable bonds is 4. The number of piperazine rings is 1. The molecule has 12 heteroatoms. The van der Waals surface area contributed by atoms with Crippen molar-refractivity contribution in [3.63, 3.8) is 0 Å². The van der Waals surface area contributed by atoms with E-state index in [9.17, 15) is 27.5 Å². The molecule has 0 spiro atoms. The first-order valence-electron chi connectivity index (χ1n) is 10.6. The van der Waals surface area contributed by atoms with Crippen LogP contribution in [0.3, 0.4) is 0 Å². The molecule has 0 bridgehead atoms. The quantitative estimate of drug-likeness (QED) is 0.378. The molecular weight excluding hydrogens is 468 g/mol. The van der Waals surface area contributed by atoms with Gasteiger partial charge in [0.05, 0.1) is 22.2 Å².